The quantitative estimate of drug-likeness (QED) is 0.193. The van der Waals surface area contributed by atoms with Gasteiger partial charge in [-0.15, -0.1) is 0 Å². The van der Waals surface area contributed by atoms with Gasteiger partial charge in [0, 0.05) is 16.8 Å². The van der Waals surface area contributed by atoms with Gasteiger partial charge in [-0.1, -0.05) is 170 Å². The van der Waals surface area contributed by atoms with Gasteiger partial charge < -0.3 is 10.1 Å². The van der Waals surface area contributed by atoms with Crippen LogP contribution in [0.2, 0.25) is 0 Å². The van der Waals surface area contributed by atoms with Crippen molar-refractivity contribution in [3.8, 4) is 44.9 Å². The van der Waals surface area contributed by atoms with E-state index in [2.05, 4.69) is 205 Å². The summed E-state index contributed by atoms with van der Waals surface area (Å²) in [5, 5.41) is 7.73. The third-order valence-corrected chi connectivity index (χ3v) is 11.7. The summed E-state index contributed by atoms with van der Waals surface area (Å²) >= 11 is 0. The molecule has 1 spiro atoms. The van der Waals surface area contributed by atoms with Gasteiger partial charge in [-0.2, -0.15) is 0 Å². The average molecular weight is 693 g/mol. The molecule has 2 N–H and O–H groups in total. The zero-order chi connectivity index (χ0) is 35.6. The summed E-state index contributed by atoms with van der Waals surface area (Å²) in [7, 11) is 0. The van der Waals surface area contributed by atoms with Gasteiger partial charge in [0.15, 0.2) is 0 Å². The van der Waals surface area contributed by atoms with E-state index in [1.54, 1.807) is 0 Å². The number of hydrogen-bond acceptors (Lipinski definition) is 3. The minimum Gasteiger partial charge on any atom is -0.457 e. The first kappa shape index (κ1) is 30.9. The third kappa shape index (κ3) is 4.65. The Hall–Kier alpha value is -6.68. The average Bonchev–Trinajstić information content (AvgIpc) is 3.54. The van der Waals surface area contributed by atoms with Gasteiger partial charge in [0.05, 0.1) is 11.5 Å². The number of hydrogen-bond donors (Lipinski definition) is 2. The smallest absolute Gasteiger partial charge is 0.132 e. The largest absolute Gasteiger partial charge is 0.457 e. The molecule has 0 fully saturated rings. The third-order valence-electron chi connectivity index (χ3n) is 11.7. The zero-order valence-corrected chi connectivity index (χ0v) is 29.5. The Labute approximate surface area is 315 Å². The van der Waals surface area contributed by atoms with Gasteiger partial charge in [-0.25, -0.2) is 0 Å². The number of anilines is 1. The number of rotatable bonds is 4. The number of nitrogens with one attached hydrogen (secondary N) is 2. The van der Waals surface area contributed by atoms with Gasteiger partial charge in [0.1, 0.15) is 17.7 Å². The van der Waals surface area contributed by atoms with Crippen LogP contribution in [-0.2, 0) is 5.41 Å². The molecule has 8 aromatic rings. The van der Waals surface area contributed by atoms with Crippen LogP contribution in [0.1, 0.15) is 51.2 Å². The number of benzene rings is 8. The van der Waals surface area contributed by atoms with E-state index in [-0.39, 0.29) is 12.2 Å². The molecule has 0 amide bonds. The first-order chi connectivity index (χ1) is 26.8. The van der Waals surface area contributed by atoms with Crippen molar-refractivity contribution in [2.24, 2.45) is 0 Å². The molecule has 3 heteroatoms. The van der Waals surface area contributed by atoms with Crippen molar-refractivity contribution >= 4 is 5.69 Å². The standard InChI is InChI=1S/C51H36N2O/c1-2-12-33(13-3-1)34-22-26-36(27-23-34)49-41-15-5-9-19-46(41)52-50(53-49)37-28-24-35(25-29-37)38-30-31-40-39-14-4-6-16-42(39)51(45(40)32-38)43-17-7-10-20-47(43)54-48-21-11-8-18-44(48)51/h1-32,49-50,52-53H. The summed E-state index contributed by atoms with van der Waals surface area (Å²) in [6.07, 6.45) is -0.0548. The Morgan fingerprint density at radius 1 is 0.407 bits per heavy atom. The van der Waals surface area contributed by atoms with Gasteiger partial charge in [-0.05, 0) is 85.5 Å². The lowest BCUT2D eigenvalue weighted by atomic mass is 9.66. The highest BCUT2D eigenvalue weighted by atomic mass is 16.5. The SMILES string of the molecule is c1ccc(-c2ccc(C3NC(c4ccc(-c5ccc6c(c5)C5(c7ccccc7Oc7ccccc75)c5ccccc5-6)cc4)Nc4ccccc43)cc2)cc1. The predicted octanol–water partition coefficient (Wildman–Crippen LogP) is 12.3. The molecule has 2 heterocycles. The molecule has 2 atom stereocenters. The minimum absolute atomic E-state index is 0.0525. The molecule has 11 rings (SSSR count). The van der Waals surface area contributed by atoms with Crippen molar-refractivity contribution in [1.82, 2.24) is 5.32 Å². The van der Waals surface area contributed by atoms with E-state index in [4.69, 9.17) is 4.74 Å². The monoisotopic (exact) mass is 692 g/mol. The molecule has 3 nitrogen and oxygen atoms in total. The molecule has 0 saturated carbocycles. The molecule has 2 unspecified atom stereocenters. The lowest BCUT2D eigenvalue weighted by Gasteiger charge is -2.39. The van der Waals surface area contributed by atoms with Crippen LogP contribution in [0.3, 0.4) is 0 Å². The number of fused-ring (bicyclic) bond motifs is 10. The molecule has 2 aliphatic heterocycles. The van der Waals surface area contributed by atoms with Crippen LogP contribution in [-0.4, -0.2) is 0 Å². The molecule has 8 aromatic carbocycles. The summed E-state index contributed by atoms with van der Waals surface area (Å²) in [5.74, 6) is 1.82. The van der Waals surface area contributed by atoms with Gasteiger partial charge in [-0.3, -0.25) is 5.32 Å². The van der Waals surface area contributed by atoms with E-state index in [0.717, 1.165) is 17.2 Å². The summed E-state index contributed by atoms with van der Waals surface area (Å²) in [4.78, 5) is 0. The fourth-order valence-electron chi connectivity index (χ4n) is 9.19. The maximum atomic E-state index is 6.55. The van der Waals surface area contributed by atoms with Crippen molar-refractivity contribution in [1.29, 1.82) is 0 Å². The maximum absolute atomic E-state index is 6.55. The second kappa shape index (κ2) is 12.2. The highest BCUT2D eigenvalue weighted by molar-refractivity contribution is 5.90. The Morgan fingerprint density at radius 3 is 1.69 bits per heavy atom. The van der Waals surface area contributed by atoms with Gasteiger partial charge in [0.2, 0.25) is 0 Å². The number of para-hydroxylation sites is 3. The van der Waals surface area contributed by atoms with Crippen LogP contribution in [0.25, 0.3) is 33.4 Å². The first-order valence-electron chi connectivity index (χ1n) is 18.7. The highest BCUT2D eigenvalue weighted by Gasteiger charge is 2.51. The lowest BCUT2D eigenvalue weighted by Crippen LogP contribution is -2.37. The highest BCUT2D eigenvalue weighted by Crippen LogP contribution is 2.62. The van der Waals surface area contributed by atoms with E-state index in [0.29, 0.717) is 0 Å². The molecule has 1 aliphatic carbocycles. The summed E-state index contributed by atoms with van der Waals surface area (Å²) in [6.45, 7) is 0. The second-order valence-electron chi connectivity index (χ2n) is 14.5. The van der Waals surface area contributed by atoms with E-state index < -0.39 is 5.41 Å². The van der Waals surface area contributed by atoms with E-state index >= 15 is 0 Å². The first-order valence-corrected chi connectivity index (χ1v) is 18.7. The van der Waals surface area contributed by atoms with Crippen molar-refractivity contribution < 1.29 is 4.74 Å². The minimum atomic E-state index is -0.481. The summed E-state index contributed by atoms with van der Waals surface area (Å²) in [5.41, 5.74) is 16.7. The summed E-state index contributed by atoms with van der Waals surface area (Å²) < 4.78 is 6.55. The predicted molar refractivity (Wildman–Crippen MR) is 219 cm³/mol. The lowest BCUT2D eigenvalue weighted by molar-refractivity contribution is 0.436. The van der Waals surface area contributed by atoms with Crippen LogP contribution >= 0.6 is 0 Å². The molecule has 3 aliphatic rings. The zero-order valence-electron chi connectivity index (χ0n) is 29.5. The van der Waals surface area contributed by atoms with Crippen LogP contribution in [0.15, 0.2) is 194 Å². The van der Waals surface area contributed by atoms with E-state index in [1.807, 2.05) is 0 Å². The Kier molecular flexibility index (Phi) is 6.98. The molecule has 256 valence electrons. The fraction of sp³-hybridized carbons (Fsp3) is 0.0588. The normalized spacial score (nSPS) is 16.9. The molecular formula is C51H36N2O. The number of ether oxygens (including phenoxy) is 1. The van der Waals surface area contributed by atoms with Crippen LogP contribution in [0.5, 0.6) is 11.5 Å². The second-order valence-corrected chi connectivity index (χ2v) is 14.5. The Bertz CT molecular complexity index is 2650. The molecule has 54 heavy (non-hydrogen) atoms. The maximum Gasteiger partial charge on any atom is 0.132 e. The molecule has 0 radical (unpaired) electrons. The van der Waals surface area contributed by atoms with Crippen molar-refractivity contribution in [3.05, 3.63) is 233 Å². The topological polar surface area (TPSA) is 33.3 Å². The molecular weight excluding hydrogens is 657 g/mol. The molecule has 0 bridgehead atoms. The Balaban J connectivity index is 0.962. The molecule has 0 aromatic heterocycles. The molecule has 0 saturated heterocycles. The fourth-order valence-corrected chi connectivity index (χ4v) is 9.19. The van der Waals surface area contributed by atoms with Gasteiger partial charge in [0.25, 0.3) is 0 Å². The Morgan fingerprint density at radius 2 is 0.944 bits per heavy atom. The van der Waals surface area contributed by atoms with Crippen LogP contribution < -0.4 is 15.4 Å². The van der Waals surface area contributed by atoms with Crippen molar-refractivity contribution in [2.45, 2.75) is 17.6 Å². The van der Waals surface area contributed by atoms with Crippen LogP contribution in [0.4, 0.5) is 5.69 Å². The van der Waals surface area contributed by atoms with Crippen molar-refractivity contribution in [3.63, 3.8) is 0 Å². The van der Waals surface area contributed by atoms with E-state index in [1.165, 1.54) is 72.3 Å². The summed E-state index contributed by atoms with van der Waals surface area (Å²) in [6, 6.07) is 70.3. The van der Waals surface area contributed by atoms with Crippen LogP contribution in [0, 0.1) is 0 Å². The van der Waals surface area contributed by atoms with E-state index in [9.17, 15) is 0 Å². The van der Waals surface area contributed by atoms with Crippen molar-refractivity contribution in [2.75, 3.05) is 5.32 Å². The van der Waals surface area contributed by atoms with Gasteiger partial charge >= 0.3 is 0 Å².